The lowest BCUT2D eigenvalue weighted by Crippen LogP contribution is -2.25. The summed E-state index contributed by atoms with van der Waals surface area (Å²) in [6, 6.07) is 2.29. The van der Waals surface area contributed by atoms with Crippen LogP contribution in [0.4, 0.5) is 0 Å². The Hall–Kier alpha value is -1.55. The summed E-state index contributed by atoms with van der Waals surface area (Å²) < 4.78 is 10.7. The number of rotatable bonds is 6. The zero-order valence-electron chi connectivity index (χ0n) is 12.0. The zero-order valence-corrected chi connectivity index (χ0v) is 12.0. The van der Waals surface area contributed by atoms with Gasteiger partial charge in [0.05, 0.1) is 26.3 Å². The molecule has 2 rings (SSSR count). The van der Waals surface area contributed by atoms with E-state index in [1.807, 2.05) is 13.8 Å². The molecule has 0 bridgehead atoms. The summed E-state index contributed by atoms with van der Waals surface area (Å²) in [5.41, 5.74) is 2.55. The molecule has 4 nitrogen and oxygen atoms in total. The molecule has 1 saturated carbocycles. The lowest BCUT2D eigenvalue weighted by atomic mass is 10.00. The third kappa shape index (κ3) is 2.89. The number of ketones is 1. The summed E-state index contributed by atoms with van der Waals surface area (Å²) >= 11 is 0. The van der Waals surface area contributed by atoms with E-state index in [1.165, 1.54) is 12.8 Å². The molecule has 0 unspecified atom stereocenters. The standard InChI is InChI=1S/C15H21NO3/c1-9-10(2)15(19-4)12(7-14(9)18-3)13(17)8-16-11-5-6-11/h7,11,16H,5-6,8H2,1-4H3. The molecule has 1 N–H and O–H groups in total. The van der Waals surface area contributed by atoms with Gasteiger partial charge >= 0.3 is 0 Å². The van der Waals surface area contributed by atoms with Gasteiger partial charge in [-0.25, -0.2) is 0 Å². The Kier molecular flexibility index (Phi) is 4.10. The van der Waals surface area contributed by atoms with E-state index in [1.54, 1.807) is 20.3 Å². The molecule has 0 amide bonds. The van der Waals surface area contributed by atoms with Gasteiger partial charge in [-0.15, -0.1) is 0 Å². The second-order valence-electron chi connectivity index (χ2n) is 4.99. The van der Waals surface area contributed by atoms with Crippen LogP contribution in [-0.4, -0.2) is 32.6 Å². The number of nitrogens with one attached hydrogen (secondary N) is 1. The maximum atomic E-state index is 12.3. The van der Waals surface area contributed by atoms with Crippen molar-refractivity contribution in [2.24, 2.45) is 0 Å². The number of ether oxygens (including phenoxy) is 2. The molecule has 0 aromatic heterocycles. The maximum absolute atomic E-state index is 12.3. The van der Waals surface area contributed by atoms with E-state index in [0.29, 0.717) is 23.9 Å². The minimum atomic E-state index is 0.0464. The Morgan fingerprint density at radius 1 is 1.26 bits per heavy atom. The molecule has 1 fully saturated rings. The highest BCUT2D eigenvalue weighted by Crippen LogP contribution is 2.33. The first-order valence-corrected chi connectivity index (χ1v) is 6.57. The zero-order chi connectivity index (χ0) is 14.0. The number of hydrogen-bond acceptors (Lipinski definition) is 4. The van der Waals surface area contributed by atoms with Crippen LogP contribution in [0.15, 0.2) is 6.07 Å². The molecule has 0 atom stereocenters. The van der Waals surface area contributed by atoms with Gasteiger partial charge in [0, 0.05) is 6.04 Å². The van der Waals surface area contributed by atoms with E-state index in [9.17, 15) is 4.79 Å². The molecule has 1 aromatic carbocycles. The molecule has 1 aromatic rings. The fraction of sp³-hybridized carbons (Fsp3) is 0.533. The Morgan fingerprint density at radius 2 is 1.95 bits per heavy atom. The first kappa shape index (κ1) is 13.9. The molecule has 4 heteroatoms. The van der Waals surface area contributed by atoms with E-state index < -0.39 is 0 Å². The summed E-state index contributed by atoms with van der Waals surface area (Å²) in [6.45, 7) is 4.27. The lowest BCUT2D eigenvalue weighted by Gasteiger charge is -2.16. The number of carbonyl (C=O) groups is 1. The van der Waals surface area contributed by atoms with E-state index >= 15 is 0 Å². The monoisotopic (exact) mass is 263 g/mol. The van der Waals surface area contributed by atoms with Crippen LogP contribution in [0.5, 0.6) is 11.5 Å². The van der Waals surface area contributed by atoms with Crippen LogP contribution in [-0.2, 0) is 0 Å². The van der Waals surface area contributed by atoms with Gasteiger partial charge in [-0.2, -0.15) is 0 Å². The van der Waals surface area contributed by atoms with Crippen LogP contribution < -0.4 is 14.8 Å². The van der Waals surface area contributed by atoms with Crippen LogP contribution in [0.3, 0.4) is 0 Å². The van der Waals surface area contributed by atoms with Crippen LogP contribution in [0, 0.1) is 13.8 Å². The lowest BCUT2D eigenvalue weighted by molar-refractivity contribution is 0.0987. The number of Topliss-reactive ketones (excluding diaryl/α,β-unsaturated/α-hetero) is 1. The smallest absolute Gasteiger partial charge is 0.180 e. The third-order valence-corrected chi connectivity index (χ3v) is 3.65. The van der Waals surface area contributed by atoms with Crippen LogP contribution in [0.1, 0.15) is 34.3 Å². The van der Waals surface area contributed by atoms with Crippen molar-refractivity contribution >= 4 is 5.78 Å². The van der Waals surface area contributed by atoms with Crippen LogP contribution in [0.2, 0.25) is 0 Å². The van der Waals surface area contributed by atoms with Crippen molar-refractivity contribution in [3.8, 4) is 11.5 Å². The predicted molar refractivity (Wildman–Crippen MR) is 74.4 cm³/mol. The molecular formula is C15H21NO3. The molecule has 0 spiro atoms. The fourth-order valence-corrected chi connectivity index (χ4v) is 2.16. The van der Waals surface area contributed by atoms with Gasteiger partial charge in [-0.05, 0) is 43.9 Å². The van der Waals surface area contributed by atoms with Crippen molar-refractivity contribution < 1.29 is 14.3 Å². The van der Waals surface area contributed by atoms with Crippen molar-refractivity contribution in [2.45, 2.75) is 32.7 Å². The quantitative estimate of drug-likeness (QED) is 0.800. The normalized spacial score (nSPS) is 14.3. The number of benzene rings is 1. The summed E-state index contributed by atoms with van der Waals surface area (Å²) in [6.07, 6.45) is 2.33. The highest BCUT2D eigenvalue weighted by Gasteiger charge is 2.24. The topological polar surface area (TPSA) is 47.6 Å². The van der Waals surface area contributed by atoms with E-state index in [2.05, 4.69) is 5.32 Å². The van der Waals surface area contributed by atoms with Crippen LogP contribution in [0.25, 0.3) is 0 Å². The Labute approximate surface area is 114 Å². The highest BCUT2D eigenvalue weighted by atomic mass is 16.5. The van der Waals surface area contributed by atoms with E-state index in [0.717, 1.165) is 16.9 Å². The SMILES string of the molecule is COc1cc(C(=O)CNC2CC2)c(OC)c(C)c1C. The summed E-state index contributed by atoms with van der Waals surface area (Å²) in [5.74, 6) is 1.43. The third-order valence-electron chi connectivity index (χ3n) is 3.65. The average Bonchev–Trinajstić information content (AvgIpc) is 3.23. The number of hydrogen-bond donors (Lipinski definition) is 1. The number of carbonyl (C=O) groups excluding carboxylic acids is 1. The van der Waals surface area contributed by atoms with Gasteiger partial charge in [-0.3, -0.25) is 4.79 Å². The number of methoxy groups -OCH3 is 2. The molecule has 0 aliphatic heterocycles. The second-order valence-corrected chi connectivity index (χ2v) is 4.99. The predicted octanol–water partition coefficient (Wildman–Crippen LogP) is 2.26. The largest absolute Gasteiger partial charge is 0.496 e. The molecule has 104 valence electrons. The maximum Gasteiger partial charge on any atom is 0.180 e. The van der Waals surface area contributed by atoms with Gasteiger partial charge < -0.3 is 14.8 Å². The van der Waals surface area contributed by atoms with E-state index in [-0.39, 0.29) is 5.78 Å². The van der Waals surface area contributed by atoms with Crippen LogP contribution >= 0.6 is 0 Å². The molecule has 0 heterocycles. The average molecular weight is 263 g/mol. The minimum absolute atomic E-state index is 0.0464. The van der Waals surface area contributed by atoms with Gasteiger partial charge in [0.1, 0.15) is 11.5 Å². The Bertz CT molecular complexity index is 493. The molecule has 1 aliphatic carbocycles. The van der Waals surface area contributed by atoms with Gasteiger partial charge in [0.2, 0.25) is 0 Å². The van der Waals surface area contributed by atoms with Crippen molar-refractivity contribution in [1.29, 1.82) is 0 Å². The molecule has 0 radical (unpaired) electrons. The van der Waals surface area contributed by atoms with Gasteiger partial charge in [-0.1, -0.05) is 0 Å². The molecule has 0 saturated heterocycles. The van der Waals surface area contributed by atoms with E-state index in [4.69, 9.17) is 9.47 Å². The summed E-state index contributed by atoms with van der Waals surface area (Å²) in [4.78, 5) is 12.3. The molecular weight excluding hydrogens is 242 g/mol. The van der Waals surface area contributed by atoms with Crippen molar-refractivity contribution in [2.75, 3.05) is 20.8 Å². The Morgan fingerprint density at radius 3 is 2.47 bits per heavy atom. The molecule has 1 aliphatic rings. The fourth-order valence-electron chi connectivity index (χ4n) is 2.16. The molecule has 19 heavy (non-hydrogen) atoms. The van der Waals surface area contributed by atoms with Crippen molar-refractivity contribution in [3.63, 3.8) is 0 Å². The first-order valence-electron chi connectivity index (χ1n) is 6.57. The van der Waals surface area contributed by atoms with Crippen molar-refractivity contribution in [3.05, 3.63) is 22.8 Å². The summed E-state index contributed by atoms with van der Waals surface area (Å²) in [7, 11) is 3.21. The highest BCUT2D eigenvalue weighted by molar-refractivity contribution is 6.01. The van der Waals surface area contributed by atoms with Crippen molar-refractivity contribution in [1.82, 2.24) is 5.32 Å². The summed E-state index contributed by atoms with van der Waals surface area (Å²) in [5, 5.41) is 3.23. The Balaban J connectivity index is 2.30. The second kappa shape index (κ2) is 5.61. The minimum Gasteiger partial charge on any atom is -0.496 e. The van der Waals surface area contributed by atoms with Gasteiger partial charge in [0.25, 0.3) is 0 Å². The van der Waals surface area contributed by atoms with Gasteiger partial charge in [0.15, 0.2) is 5.78 Å². The first-order chi connectivity index (χ1) is 9.08.